The van der Waals surface area contributed by atoms with Gasteiger partial charge in [0.1, 0.15) is 0 Å². The molecule has 3 nitrogen and oxygen atoms in total. The summed E-state index contributed by atoms with van der Waals surface area (Å²) in [6, 6.07) is 1.17. The fraction of sp³-hybridized carbons (Fsp3) is 1.00. The molecule has 0 aliphatic carbocycles. The van der Waals surface area contributed by atoms with Gasteiger partial charge < -0.3 is 15.0 Å². The molecule has 2 rings (SSSR count). The van der Waals surface area contributed by atoms with Crippen molar-refractivity contribution in [3.8, 4) is 0 Å². The lowest BCUT2D eigenvalue weighted by Gasteiger charge is -2.36. The molecule has 2 heterocycles. The van der Waals surface area contributed by atoms with E-state index in [4.69, 9.17) is 4.74 Å². The van der Waals surface area contributed by atoms with Gasteiger partial charge in [0, 0.05) is 12.1 Å². The minimum absolute atomic E-state index is 0.0191. The molecule has 0 spiro atoms. The van der Waals surface area contributed by atoms with Gasteiger partial charge in [-0.05, 0) is 66.6 Å². The third-order valence-electron chi connectivity index (χ3n) is 4.55. The molecule has 0 radical (unpaired) electrons. The van der Waals surface area contributed by atoms with Crippen molar-refractivity contribution in [2.75, 3.05) is 19.6 Å². The highest BCUT2D eigenvalue weighted by atomic mass is 16.5. The number of ether oxygens (including phenoxy) is 1. The molecule has 0 aromatic carbocycles. The first kappa shape index (κ1) is 14.3. The topological polar surface area (TPSA) is 24.5 Å². The minimum Gasteiger partial charge on any atom is -0.368 e. The third-order valence-corrected chi connectivity index (χ3v) is 4.55. The minimum atomic E-state index is -0.0363. The highest BCUT2D eigenvalue weighted by molar-refractivity contribution is 5.00. The van der Waals surface area contributed by atoms with Gasteiger partial charge in [-0.25, -0.2) is 0 Å². The molecule has 2 saturated heterocycles. The van der Waals surface area contributed by atoms with Crippen molar-refractivity contribution in [1.82, 2.24) is 10.2 Å². The van der Waals surface area contributed by atoms with Crippen molar-refractivity contribution >= 4 is 0 Å². The normalized spacial score (nSPS) is 32.8. The zero-order chi connectivity index (χ0) is 13.4. The second kappa shape index (κ2) is 5.10. The summed E-state index contributed by atoms with van der Waals surface area (Å²) in [5.74, 6) is 0. The highest BCUT2D eigenvalue weighted by Crippen LogP contribution is 2.37. The van der Waals surface area contributed by atoms with Crippen LogP contribution < -0.4 is 5.32 Å². The van der Waals surface area contributed by atoms with E-state index < -0.39 is 0 Å². The van der Waals surface area contributed by atoms with E-state index in [0.29, 0.717) is 12.1 Å². The van der Waals surface area contributed by atoms with E-state index >= 15 is 0 Å². The smallest absolute Gasteiger partial charge is 0.0787 e. The van der Waals surface area contributed by atoms with Crippen molar-refractivity contribution in [2.45, 2.75) is 77.2 Å². The van der Waals surface area contributed by atoms with E-state index in [2.05, 4.69) is 44.8 Å². The van der Waals surface area contributed by atoms with Crippen LogP contribution in [0.2, 0.25) is 0 Å². The van der Waals surface area contributed by atoms with Crippen LogP contribution in [-0.4, -0.2) is 47.8 Å². The van der Waals surface area contributed by atoms with Crippen LogP contribution in [0.5, 0.6) is 0 Å². The predicted octanol–water partition coefficient (Wildman–Crippen LogP) is 2.41. The first-order chi connectivity index (χ1) is 8.32. The second-order valence-electron chi connectivity index (χ2n) is 7.10. The van der Waals surface area contributed by atoms with E-state index in [9.17, 15) is 0 Å². The summed E-state index contributed by atoms with van der Waals surface area (Å²) in [7, 11) is 0. The summed E-state index contributed by atoms with van der Waals surface area (Å²) < 4.78 is 6.16. The first-order valence-electron chi connectivity index (χ1n) is 7.51. The van der Waals surface area contributed by atoms with E-state index in [1.54, 1.807) is 0 Å². The summed E-state index contributed by atoms with van der Waals surface area (Å²) in [6.07, 6.45) is 3.68. The molecule has 18 heavy (non-hydrogen) atoms. The highest BCUT2D eigenvalue weighted by Gasteiger charge is 2.46. The van der Waals surface area contributed by atoms with Crippen LogP contribution in [0.1, 0.15) is 53.9 Å². The Hall–Kier alpha value is -0.120. The lowest BCUT2D eigenvalue weighted by atomic mass is 9.92. The fourth-order valence-electron chi connectivity index (χ4n) is 3.52. The number of rotatable bonds is 3. The maximum Gasteiger partial charge on any atom is 0.0787 e. The SMILES string of the molecule is CCN1CCC(NC2CC(C)(C)OC2(C)C)CC1. The Labute approximate surface area is 112 Å². The second-order valence-corrected chi connectivity index (χ2v) is 7.10. The Kier molecular flexibility index (Phi) is 4.05. The molecule has 0 amide bonds. The number of piperidine rings is 1. The van der Waals surface area contributed by atoms with Crippen molar-refractivity contribution in [2.24, 2.45) is 0 Å². The lowest BCUT2D eigenvalue weighted by molar-refractivity contribution is -0.0708. The van der Waals surface area contributed by atoms with Crippen LogP contribution >= 0.6 is 0 Å². The first-order valence-corrected chi connectivity index (χ1v) is 7.51. The quantitative estimate of drug-likeness (QED) is 0.837. The van der Waals surface area contributed by atoms with Gasteiger partial charge in [-0.2, -0.15) is 0 Å². The molecule has 1 N–H and O–H groups in total. The molecule has 106 valence electrons. The van der Waals surface area contributed by atoms with Gasteiger partial charge in [-0.15, -0.1) is 0 Å². The van der Waals surface area contributed by atoms with Gasteiger partial charge in [0.25, 0.3) is 0 Å². The zero-order valence-electron chi connectivity index (χ0n) is 12.8. The van der Waals surface area contributed by atoms with Crippen molar-refractivity contribution < 1.29 is 4.74 Å². The van der Waals surface area contributed by atoms with E-state index in [0.717, 1.165) is 6.42 Å². The van der Waals surface area contributed by atoms with Crippen LogP contribution in [-0.2, 0) is 4.74 Å². The average Bonchev–Trinajstić information content (AvgIpc) is 2.48. The summed E-state index contributed by atoms with van der Waals surface area (Å²) in [6.45, 7) is 14.8. The largest absolute Gasteiger partial charge is 0.368 e. The van der Waals surface area contributed by atoms with Gasteiger partial charge in [-0.3, -0.25) is 0 Å². The van der Waals surface area contributed by atoms with Crippen molar-refractivity contribution in [3.63, 3.8) is 0 Å². The van der Waals surface area contributed by atoms with Gasteiger partial charge >= 0.3 is 0 Å². The number of nitrogens with one attached hydrogen (secondary N) is 1. The molecular weight excluding hydrogens is 224 g/mol. The molecule has 2 aliphatic heterocycles. The predicted molar refractivity (Wildman–Crippen MR) is 75.9 cm³/mol. The third kappa shape index (κ3) is 3.25. The summed E-state index contributed by atoms with van der Waals surface area (Å²) in [5, 5.41) is 3.86. The van der Waals surface area contributed by atoms with Crippen molar-refractivity contribution in [3.05, 3.63) is 0 Å². The molecular formula is C15H30N2O. The summed E-state index contributed by atoms with van der Waals surface area (Å²) in [4.78, 5) is 2.54. The van der Waals surface area contributed by atoms with Crippen LogP contribution in [0.25, 0.3) is 0 Å². The van der Waals surface area contributed by atoms with Crippen LogP contribution in [0, 0.1) is 0 Å². The molecule has 0 aromatic rings. The van der Waals surface area contributed by atoms with Crippen molar-refractivity contribution in [1.29, 1.82) is 0 Å². The number of nitrogens with zero attached hydrogens (tertiary/aromatic N) is 1. The van der Waals surface area contributed by atoms with Gasteiger partial charge in [0.15, 0.2) is 0 Å². The number of likely N-dealkylation sites (tertiary alicyclic amines) is 1. The Morgan fingerprint density at radius 3 is 2.22 bits per heavy atom. The molecule has 1 unspecified atom stereocenters. The lowest BCUT2D eigenvalue weighted by Crippen LogP contribution is -2.51. The molecule has 3 heteroatoms. The zero-order valence-corrected chi connectivity index (χ0v) is 12.8. The number of hydrogen-bond donors (Lipinski definition) is 1. The Bertz CT molecular complexity index is 280. The molecule has 2 fully saturated rings. The van der Waals surface area contributed by atoms with E-state index in [1.165, 1.54) is 32.5 Å². The van der Waals surface area contributed by atoms with Crippen LogP contribution in [0.4, 0.5) is 0 Å². The molecule has 0 bridgehead atoms. The standard InChI is InChI=1S/C15H30N2O/c1-6-17-9-7-12(8-10-17)16-13-11-14(2,3)18-15(13,4)5/h12-13,16H,6-11H2,1-5H3. The average molecular weight is 254 g/mol. The van der Waals surface area contributed by atoms with Crippen LogP contribution in [0.15, 0.2) is 0 Å². The summed E-state index contributed by atoms with van der Waals surface area (Å²) in [5.41, 5.74) is -0.0172. The van der Waals surface area contributed by atoms with E-state index in [1.807, 2.05) is 0 Å². The fourth-order valence-corrected chi connectivity index (χ4v) is 3.52. The summed E-state index contributed by atoms with van der Waals surface area (Å²) >= 11 is 0. The van der Waals surface area contributed by atoms with Gasteiger partial charge in [0.05, 0.1) is 11.2 Å². The molecule has 0 aromatic heterocycles. The van der Waals surface area contributed by atoms with E-state index in [-0.39, 0.29) is 11.2 Å². The Morgan fingerprint density at radius 1 is 1.17 bits per heavy atom. The maximum absolute atomic E-state index is 6.16. The van der Waals surface area contributed by atoms with Gasteiger partial charge in [0.2, 0.25) is 0 Å². The molecule has 0 saturated carbocycles. The molecule has 2 aliphatic rings. The Morgan fingerprint density at radius 2 is 1.78 bits per heavy atom. The molecule has 1 atom stereocenters. The monoisotopic (exact) mass is 254 g/mol. The van der Waals surface area contributed by atoms with Crippen LogP contribution in [0.3, 0.4) is 0 Å². The maximum atomic E-state index is 6.16. The van der Waals surface area contributed by atoms with Gasteiger partial charge in [-0.1, -0.05) is 6.92 Å². The number of hydrogen-bond acceptors (Lipinski definition) is 3. The Balaban J connectivity index is 1.87.